The van der Waals surface area contributed by atoms with Gasteiger partial charge in [-0.3, -0.25) is 0 Å². The monoisotopic (exact) mass is 494 g/mol. The second-order valence-corrected chi connectivity index (χ2v) is 8.72. The maximum absolute atomic E-state index is 11.1. The normalized spacial score (nSPS) is 23.2. The number of aliphatic hydroxyl groups excluding tert-OH is 2. The van der Waals surface area contributed by atoms with Gasteiger partial charge in [-0.2, -0.15) is 0 Å². The van der Waals surface area contributed by atoms with Gasteiger partial charge in [0.1, 0.15) is 37.3 Å². The van der Waals surface area contributed by atoms with Crippen molar-refractivity contribution in [3.8, 4) is 0 Å². The number of aliphatic hydroxyl groups is 2. The first-order valence-corrected chi connectivity index (χ1v) is 12.2. The average Bonchev–Trinajstić information content (AvgIpc) is 3.09. The molecule has 0 saturated carbocycles. The standard InChI is InChI=1S/C29H34O7/c30-16-25-27(31)29(34-19-24-14-8-3-9-15-24)28(36-21-35-25)26(33-18-23-12-6-2-7-13-23)20-32-17-22-10-4-1-5-11-22/h1-15,25-31H,16-21H2/t25-,26-,27-,28-,29+/m1/s1. The van der Waals surface area contributed by atoms with E-state index in [0.29, 0.717) is 13.2 Å². The van der Waals surface area contributed by atoms with Crippen molar-refractivity contribution in [3.63, 3.8) is 0 Å². The Morgan fingerprint density at radius 1 is 0.750 bits per heavy atom. The van der Waals surface area contributed by atoms with Gasteiger partial charge in [0.15, 0.2) is 0 Å². The number of ether oxygens (including phenoxy) is 5. The molecule has 192 valence electrons. The van der Waals surface area contributed by atoms with Gasteiger partial charge < -0.3 is 33.9 Å². The third-order valence-corrected chi connectivity index (χ3v) is 6.12. The van der Waals surface area contributed by atoms with Gasteiger partial charge in [-0.05, 0) is 16.7 Å². The Hall–Kier alpha value is -2.62. The molecule has 4 rings (SSSR count). The molecule has 0 bridgehead atoms. The molecule has 0 radical (unpaired) electrons. The lowest BCUT2D eigenvalue weighted by Crippen LogP contribution is -2.52. The zero-order valence-electron chi connectivity index (χ0n) is 20.2. The van der Waals surface area contributed by atoms with Gasteiger partial charge >= 0.3 is 0 Å². The molecule has 0 aromatic heterocycles. The summed E-state index contributed by atoms with van der Waals surface area (Å²) in [4.78, 5) is 0. The van der Waals surface area contributed by atoms with E-state index in [0.717, 1.165) is 16.7 Å². The van der Waals surface area contributed by atoms with Crippen molar-refractivity contribution in [2.24, 2.45) is 0 Å². The summed E-state index contributed by atoms with van der Waals surface area (Å²) in [5.74, 6) is 0. The molecule has 1 fully saturated rings. The topological polar surface area (TPSA) is 86.6 Å². The van der Waals surface area contributed by atoms with Crippen LogP contribution < -0.4 is 0 Å². The zero-order chi connectivity index (χ0) is 25.0. The maximum Gasteiger partial charge on any atom is 0.147 e. The van der Waals surface area contributed by atoms with E-state index >= 15 is 0 Å². The molecule has 36 heavy (non-hydrogen) atoms. The minimum Gasteiger partial charge on any atom is -0.394 e. The lowest BCUT2D eigenvalue weighted by molar-refractivity contribution is -0.185. The highest BCUT2D eigenvalue weighted by Gasteiger charge is 2.43. The summed E-state index contributed by atoms with van der Waals surface area (Å²) >= 11 is 0. The number of hydrogen-bond acceptors (Lipinski definition) is 7. The van der Waals surface area contributed by atoms with Crippen molar-refractivity contribution in [2.75, 3.05) is 20.0 Å². The maximum atomic E-state index is 11.1. The van der Waals surface area contributed by atoms with Crippen LogP contribution in [0.3, 0.4) is 0 Å². The molecule has 0 aliphatic carbocycles. The van der Waals surface area contributed by atoms with Gasteiger partial charge in [0.2, 0.25) is 0 Å². The average molecular weight is 495 g/mol. The van der Waals surface area contributed by atoms with Crippen molar-refractivity contribution in [2.45, 2.75) is 50.3 Å². The van der Waals surface area contributed by atoms with Crippen molar-refractivity contribution in [1.82, 2.24) is 0 Å². The van der Waals surface area contributed by atoms with Gasteiger partial charge in [0.25, 0.3) is 0 Å². The second-order valence-electron chi connectivity index (χ2n) is 8.72. The minimum absolute atomic E-state index is 0.109. The van der Waals surface area contributed by atoms with E-state index in [1.165, 1.54) is 0 Å². The molecule has 1 saturated heterocycles. The van der Waals surface area contributed by atoms with Crippen LogP contribution in [0.15, 0.2) is 91.0 Å². The summed E-state index contributed by atoms with van der Waals surface area (Å²) in [6.07, 6.45) is -4.03. The number of hydrogen-bond donors (Lipinski definition) is 2. The summed E-state index contributed by atoms with van der Waals surface area (Å²) in [6.45, 7) is 0.758. The number of benzene rings is 3. The fourth-order valence-corrected chi connectivity index (χ4v) is 4.13. The van der Waals surface area contributed by atoms with Crippen LogP contribution in [0.1, 0.15) is 16.7 Å². The highest BCUT2D eigenvalue weighted by molar-refractivity contribution is 5.15. The van der Waals surface area contributed by atoms with Gasteiger partial charge in [-0.1, -0.05) is 91.0 Å². The Morgan fingerprint density at radius 3 is 1.89 bits per heavy atom. The largest absolute Gasteiger partial charge is 0.394 e. The predicted octanol–water partition coefficient (Wildman–Crippen LogP) is 3.47. The van der Waals surface area contributed by atoms with E-state index in [-0.39, 0.29) is 26.6 Å². The van der Waals surface area contributed by atoms with Crippen molar-refractivity contribution < 1.29 is 33.9 Å². The molecule has 3 aromatic carbocycles. The van der Waals surface area contributed by atoms with E-state index in [1.54, 1.807) is 0 Å². The minimum atomic E-state index is -1.12. The molecule has 0 amide bonds. The molecule has 5 atom stereocenters. The van der Waals surface area contributed by atoms with Crippen LogP contribution in [-0.2, 0) is 43.5 Å². The Labute approximate surface area is 212 Å². The predicted molar refractivity (Wildman–Crippen MR) is 134 cm³/mol. The number of rotatable bonds is 12. The molecular weight excluding hydrogens is 460 g/mol. The van der Waals surface area contributed by atoms with Crippen LogP contribution >= 0.6 is 0 Å². The highest BCUT2D eigenvalue weighted by Crippen LogP contribution is 2.25. The fraction of sp³-hybridized carbons (Fsp3) is 0.379. The van der Waals surface area contributed by atoms with Crippen LogP contribution in [0, 0.1) is 0 Å². The van der Waals surface area contributed by atoms with Gasteiger partial charge in [-0.15, -0.1) is 0 Å². The lowest BCUT2D eigenvalue weighted by atomic mass is 9.99. The smallest absolute Gasteiger partial charge is 0.147 e. The van der Waals surface area contributed by atoms with E-state index < -0.39 is 30.5 Å². The highest BCUT2D eigenvalue weighted by atomic mass is 16.7. The van der Waals surface area contributed by atoms with E-state index in [1.807, 2.05) is 91.0 Å². The van der Waals surface area contributed by atoms with Crippen LogP contribution in [-0.4, -0.2) is 60.7 Å². The summed E-state index contributed by atoms with van der Waals surface area (Å²) in [7, 11) is 0. The van der Waals surface area contributed by atoms with Crippen molar-refractivity contribution >= 4 is 0 Å². The Kier molecular flexibility index (Phi) is 10.4. The van der Waals surface area contributed by atoms with Gasteiger partial charge in [-0.25, -0.2) is 0 Å². The molecular formula is C29H34O7. The molecule has 7 nitrogen and oxygen atoms in total. The lowest BCUT2D eigenvalue weighted by Gasteiger charge is -2.34. The van der Waals surface area contributed by atoms with Crippen LogP contribution in [0.5, 0.6) is 0 Å². The third-order valence-electron chi connectivity index (χ3n) is 6.12. The van der Waals surface area contributed by atoms with E-state index in [4.69, 9.17) is 23.7 Å². The van der Waals surface area contributed by atoms with Crippen LogP contribution in [0.25, 0.3) is 0 Å². The SMILES string of the molecule is OC[C@H]1OCO[C@H]([C@@H](COCc2ccccc2)OCc2ccccc2)[C@@H](OCc2ccccc2)[C@@H]1O. The molecule has 7 heteroatoms. The Morgan fingerprint density at radius 2 is 1.31 bits per heavy atom. The van der Waals surface area contributed by atoms with Crippen LogP contribution in [0.2, 0.25) is 0 Å². The third kappa shape index (κ3) is 7.69. The summed E-state index contributed by atoms with van der Waals surface area (Å²) < 4.78 is 30.1. The van der Waals surface area contributed by atoms with E-state index in [2.05, 4.69) is 0 Å². The Balaban J connectivity index is 1.51. The van der Waals surface area contributed by atoms with Crippen LogP contribution in [0.4, 0.5) is 0 Å². The molecule has 0 spiro atoms. The van der Waals surface area contributed by atoms with E-state index in [9.17, 15) is 10.2 Å². The quantitative estimate of drug-likeness (QED) is 0.399. The first-order chi connectivity index (χ1) is 17.7. The molecule has 0 unspecified atom stereocenters. The first kappa shape index (κ1) is 26.4. The molecule has 1 aliphatic rings. The molecule has 3 aromatic rings. The zero-order valence-corrected chi connectivity index (χ0v) is 20.2. The fourth-order valence-electron chi connectivity index (χ4n) is 4.13. The molecule has 1 aliphatic heterocycles. The van der Waals surface area contributed by atoms with Crippen molar-refractivity contribution in [1.29, 1.82) is 0 Å². The second kappa shape index (κ2) is 14.2. The molecule has 2 N–H and O–H groups in total. The van der Waals surface area contributed by atoms with Gasteiger partial charge in [0, 0.05) is 0 Å². The van der Waals surface area contributed by atoms with Crippen molar-refractivity contribution in [3.05, 3.63) is 108 Å². The van der Waals surface area contributed by atoms with Gasteiger partial charge in [0.05, 0.1) is 33.0 Å². The molecule has 1 heterocycles. The first-order valence-electron chi connectivity index (χ1n) is 12.2. The summed E-state index contributed by atoms with van der Waals surface area (Å²) in [5, 5.41) is 20.9. The summed E-state index contributed by atoms with van der Waals surface area (Å²) in [5.41, 5.74) is 3.00. The summed E-state index contributed by atoms with van der Waals surface area (Å²) in [6, 6.07) is 29.4. The Bertz CT molecular complexity index is 986.